The molecular weight excluding hydrogens is 418 g/mol. The number of carbonyl (C=O) groups excluding carboxylic acids is 1. The van der Waals surface area contributed by atoms with Crippen molar-refractivity contribution in [2.45, 2.75) is 29.4 Å². The fraction of sp³-hybridized carbons (Fsp3) is 0.300. The molecule has 31 heavy (non-hydrogen) atoms. The Morgan fingerprint density at radius 3 is 3.06 bits per heavy atom. The van der Waals surface area contributed by atoms with Crippen LogP contribution in [0.25, 0.3) is 11.2 Å². The minimum Gasteiger partial charge on any atom is -0.493 e. The molecule has 0 bridgehead atoms. The van der Waals surface area contributed by atoms with Crippen LogP contribution in [-0.2, 0) is 17.8 Å². The third-order valence-electron chi connectivity index (χ3n) is 4.84. The molecule has 3 aromatic rings. The third kappa shape index (κ3) is 4.41. The van der Waals surface area contributed by atoms with E-state index >= 15 is 0 Å². The maximum absolute atomic E-state index is 11.1. The van der Waals surface area contributed by atoms with E-state index in [-0.39, 0.29) is 6.42 Å². The number of ether oxygens (including phenoxy) is 1. The number of nitrogen functional groups attached to an aromatic ring is 1. The molecule has 0 saturated carbocycles. The van der Waals surface area contributed by atoms with E-state index in [0.717, 1.165) is 28.2 Å². The van der Waals surface area contributed by atoms with Crippen LogP contribution in [0.5, 0.6) is 5.75 Å². The van der Waals surface area contributed by atoms with E-state index in [2.05, 4.69) is 26.2 Å². The van der Waals surface area contributed by atoms with Crippen LogP contribution in [0.2, 0.25) is 0 Å². The van der Waals surface area contributed by atoms with Gasteiger partial charge in [-0.1, -0.05) is 17.7 Å². The largest absolute Gasteiger partial charge is 0.493 e. The van der Waals surface area contributed by atoms with Crippen LogP contribution >= 0.6 is 11.8 Å². The summed E-state index contributed by atoms with van der Waals surface area (Å²) < 4.78 is 7.63. The molecule has 0 saturated heterocycles. The Balaban J connectivity index is 1.60. The molecule has 4 rings (SSSR count). The number of amides is 1. The summed E-state index contributed by atoms with van der Waals surface area (Å²) in [5.41, 5.74) is 10.6. The van der Waals surface area contributed by atoms with Gasteiger partial charge in [-0.25, -0.2) is 20.4 Å². The van der Waals surface area contributed by atoms with Crippen LogP contribution in [-0.4, -0.2) is 50.3 Å². The van der Waals surface area contributed by atoms with Gasteiger partial charge in [0, 0.05) is 42.9 Å². The molecule has 1 aliphatic heterocycles. The van der Waals surface area contributed by atoms with Crippen molar-refractivity contribution in [2.24, 2.45) is 0 Å². The van der Waals surface area contributed by atoms with Crippen LogP contribution in [0.4, 0.5) is 5.82 Å². The number of fused-ring (bicyclic) bond motifs is 2. The number of hydroxylamine groups is 1. The van der Waals surface area contributed by atoms with Crippen molar-refractivity contribution in [2.75, 3.05) is 25.4 Å². The number of benzene rings is 1. The van der Waals surface area contributed by atoms with Gasteiger partial charge >= 0.3 is 0 Å². The first kappa shape index (κ1) is 20.9. The molecule has 5 N–H and O–H groups in total. The molecule has 1 amide bonds. The van der Waals surface area contributed by atoms with Crippen molar-refractivity contribution in [3.05, 3.63) is 29.6 Å². The molecule has 160 valence electrons. The predicted molar refractivity (Wildman–Crippen MR) is 115 cm³/mol. The van der Waals surface area contributed by atoms with E-state index in [1.807, 2.05) is 16.7 Å². The average Bonchev–Trinajstić information content (AvgIpc) is 3.37. The van der Waals surface area contributed by atoms with Gasteiger partial charge in [-0.3, -0.25) is 10.0 Å². The highest BCUT2D eigenvalue weighted by Crippen LogP contribution is 2.37. The summed E-state index contributed by atoms with van der Waals surface area (Å²) in [6, 6.07) is 3.94. The van der Waals surface area contributed by atoms with Crippen molar-refractivity contribution >= 4 is 34.7 Å². The fourth-order valence-corrected chi connectivity index (χ4v) is 4.30. The van der Waals surface area contributed by atoms with Crippen LogP contribution in [0.1, 0.15) is 17.5 Å². The van der Waals surface area contributed by atoms with Crippen LogP contribution in [0, 0.1) is 12.3 Å². The lowest BCUT2D eigenvalue weighted by atomic mass is 10.1. The highest BCUT2D eigenvalue weighted by molar-refractivity contribution is 7.99. The summed E-state index contributed by atoms with van der Waals surface area (Å²) >= 11 is 1.42. The molecular formula is C20H21N7O3S. The third-order valence-corrected chi connectivity index (χ3v) is 5.89. The van der Waals surface area contributed by atoms with E-state index in [0.29, 0.717) is 48.4 Å². The smallest absolute Gasteiger partial charge is 0.244 e. The minimum atomic E-state index is -0.446. The van der Waals surface area contributed by atoms with Crippen molar-refractivity contribution in [3.8, 4) is 18.1 Å². The van der Waals surface area contributed by atoms with Gasteiger partial charge < -0.3 is 20.4 Å². The molecule has 0 aliphatic carbocycles. The first-order valence-electron chi connectivity index (χ1n) is 9.65. The van der Waals surface area contributed by atoms with E-state index in [1.54, 1.807) is 5.48 Å². The number of nitrogens with zero attached hydrogens (tertiary/aromatic N) is 4. The number of aromatic nitrogens is 4. The lowest BCUT2D eigenvalue weighted by Gasteiger charge is -2.11. The lowest BCUT2D eigenvalue weighted by molar-refractivity contribution is -0.129. The summed E-state index contributed by atoms with van der Waals surface area (Å²) in [6.45, 7) is 2.15. The summed E-state index contributed by atoms with van der Waals surface area (Å²) in [6.07, 6.45) is 8.17. The van der Waals surface area contributed by atoms with Gasteiger partial charge in [0.1, 0.15) is 12.1 Å². The van der Waals surface area contributed by atoms with Gasteiger partial charge in [0.15, 0.2) is 22.1 Å². The maximum atomic E-state index is 11.1. The number of nitrogens with one attached hydrogen (secondary N) is 2. The quantitative estimate of drug-likeness (QED) is 0.175. The highest BCUT2D eigenvalue weighted by Gasteiger charge is 2.20. The molecule has 11 heteroatoms. The Morgan fingerprint density at radius 1 is 1.39 bits per heavy atom. The Hall–Kier alpha value is -3.33. The Labute approximate surface area is 182 Å². The Kier molecular flexibility index (Phi) is 6.22. The molecule has 0 spiro atoms. The molecule has 2 aromatic heterocycles. The second-order valence-electron chi connectivity index (χ2n) is 6.81. The zero-order valence-electron chi connectivity index (χ0n) is 16.6. The number of terminal acetylenes is 1. The summed E-state index contributed by atoms with van der Waals surface area (Å²) in [5.74, 6) is 3.44. The van der Waals surface area contributed by atoms with Crippen molar-refractivity contribution < 1.29 is 14.7 Å². The Morgan fingerprint density at radius 2 is 2.26 bits per heavy atom. The van der Waals surface area contributed by atoms with E-state index in [4.69, 9.17) is 22.1 Å². The zero-order chi connectivity index (χ0) is 21.8. The van der Waals surface area contributed by atoms with E-state index in [1.165, 1.54) is 18.1 Å². The molecule has 0 radical (unpaired) electrons. The molecule has 0 unspecified atom stereocenters. The molecule has 1 aromatic carbocycles. The number of rotatable bonds is 8. The molecule has 1 aliphatic rings. The predicted octanol–water partition coefficient (Wildman–Crippen LogP) is 0.961. The Bertz CT molecular complexity index is 1170. The lowest BCUT2D eigenvalue weighted by Crippen LogP contribution is -2.27. The van der Waals surface area contributed by atoms with Gasteiger partial charge in [-0.05, 0) is 17.7 Å². The topological polar surface area (TPSA) is 140 Å². The van der Waals surface area contributed by atoms with Crippen LogP contribution in [0.3, 0.4) is 0 Å². The monoisotopic (exact) mass is 439 g/mol. The first-order chi connectivity index (χ1) is 15.1. The SMILES string of the molecule is C#Cc1cc2c(cc1Sc1nc3c(N)ncnc3n1CCNCCC(=O)NO)OCC2. The van der Waals surface area contributed by atoms with Gasteiger partial charge in [-0.15, -0.1) is 6.42 Å². The standard InChI is InChI=1S/C20H21N7O3S/c1-2-12-9-13-4-8-30-14(13)10-15(12)31-20-25-17-18(21)23-11-24-19(17)27(20)7-6-22-5-3-16(28)26-29/h1,9-11,22,29H,3-8H2,(H,26,28)(H2,21,23,24). The van der Waals surface area contributed by atoms with Gasteiger partial charge in [0.25, 0.3) is 0 Å². The number of carbonyl (C=O) groups is 1. The van der Waals surface area contributed by atoms with Gasteiger partial charge in [-0.2, -0.15) is 0 Å². The number of anilines is 1. The van der Waals surface area contributed by atoms with E-state index < -0.39 is 5.91 Å². The molecule has 3 heterocycles. The number of nitrogens with two attached hydrogens (primary N) is 1. The van der Waals surface area contributed by atoms with Crippen molar-refractivity contribution in [1.82, 2.24) is 30.3 Å². The second kappa shape index (κ2) is 9.22. The van der Waals surface area contributed by atoms with Crippen LogP contribution < -0.4 is 21.3 Å². The summed E-state index contributed by atoms with van der Waals surface area (Å²) in [5, 5.41) is 12.4. The molecule has 0 atom stereocenters. The maximum Gasteiger partial charge on any atom is 0.244 e. The highest BCUT2D eigenvalue weighted by atomic mass is 32.2. The van der Waals surface area contributed by atoms with Gasteiger partial charge in [0.05, 0.1) is 6.61 Å². The molecule has 0 fully saturated rings. The summed E-state index contributed by atoms with van der Waals surface area (Å²) in [7, 11) is 0. The van der Waals surface area contributed by atoms with Crippen LogP contribution in [0.15, 0.2) is 28.5 Å². The molecule has 10 nitrogen and oxygen atoms in total. The summed E-state index contributed by atoms with van der Waals surface area (Å²) in [4.78, 5) is 25.0. The minimum absolute atomic E-state index is 0.165. The van der Waals surface area contributed by atoms with Crippen molar-refractivity contribution in [3.63, 3.8) is 0 Å². The first-order valence-corrected chi connectivity index (χ1v) is 10.5. The van der Waals surface area contributed by atoms with E-state index in [9.17, 15) is 4.79 Å². The van der Waals surface area contributed by atoms with Gasteiger partial charge in [0.2, 0.25) is 5.91 Å². The normalized spacial score (nSPS) is 12.4. The number of hydrogen-bond donors (Lipinski definition) is 4. The fourth-order valence-electron chi connectivity index (χ4n) is 3.29. The van der Waals surface area contributed by atoms with Crippen molar-refractivity contribution in [1.29, 1.82) is 0 Å². The average molecular weight is 440 g/mol. The second-order valence-corrected chi connectivity index (χ2v) is 7.82. The number of hydrogen-bond acceptors (Lipinski definition) is 9. The zero-order valence-corrected chi connectivity index (χ0v) is 17.4. The number of imidazole rings is 1.